The van der Waals surface area contributed by atoms with Gasteiger partial charge in [0.2, 0.25) is 5.91 Å². The molecule has 1 fully saturated rings. The zero-order valence-electron chi connectivity index (χ0n) is 17.7. The van der Waals surface area contributed by atoms with E-state index in [1.807, 2.05) is 19.2 Å². The van der Waals surface area contributed by atoms with Crippen molar-refractivity contribution in [2.75, 3.05) is 40.8 Å². The summed E-state index contributed by atoms with van der Waals surface area (Å²) in [4.78, 5) is 18.3. The number of methoxy groups -OCH3 is 1. The van der Waals surface area contributed by atoms with Gasteiger partial charge < -0.3 is 20.3 Å². The highest BCUT2D eigenvalue weighted by Crippen LogP contribution is 2.26. The molecule has 1 aromatic carbocycles. The quantitative estimate of drug-likeness (QED) is 0.357. The minimum absolute atomic E-state index is 0. The van der Waals surface area contributed by atoms with Crippen LogP contribution in [0.1, 0.15) is 38.7 Å². The molecule has 0 radical (unpaired) electrons. The van der Waals surface area contributed by atoms with Crippen LogP contribution in [-0.2, 0) is 10.2 Å². The van der Waals surface area contributed by atoms with Gasteiger partial charge in [0.25, 0.3) is 0 Å². The number of carbonyl (C=O) groups is 1. The van der Waals surface area contributed by atoms with Crippen molar-refractivity contribution in [2.24, 2.45) is 10.9 Å². The number of amides is 1. The smallest absolute Gasteiger partial charge is 0.220 e. The van der Waals surface area contributed by atoms with Crippen molar-refractivity contribution in [2.45, 2.75) is 38.5 Å². The first-order valence-electron chi connectivity index (χ1n) is 9.70. The summed E-state index contributed by atoms with van der Waals surface area (Å²) in [5, 5.41) is 6.26. The lowest BCUT2D eigenvalue weighted by Crippen LogP contribution is -2.48. The van der Waals surface area contributed by atoms with Crippen molar-refractivity contribution < 1.29 is 9.53 Å². The second-order valence-corrected chi connectivity index (χ2v) is 7.82. The van der Waals surface area contributed by atoms with Crippen LogP contribution in [0, 0.1) is 5.92 Å². The molecule has 1 aliphatic heterocycles. The van der Waals surface area contributed by atoms with Gasteiger partial charge in [-0.3, -0.25) is 9.79 Å². The van der Waals surface area contributed by atoms with E-state index in [1.54, 1.807) is 14.2 Å². The van der Waals surface area contributed by atoms with E-state index in [-0.39, 0.29) is 35.3 Å². The highest BCUT2D eigenvalue weighted by Gasteiger charge is 2.25. The predicted molar refractivity (Wildman–Crippen MR) is 126 cm³/mol. The SMILES string of the molecule is CN=C(NCC(C)(C)c1cccc(OC)c1)N1CCC(CC(=O)NC)CC1.I. The number of rotatable bonds is 6. The number of nitrogens with one attached hydrogen (secondary N) is 2. The van der Waals surface area contributed by atoms with Crippen LogP contribution in [0.5, 0.6) is 5.75 Å². The lowest BCUT2D eigenvalue weighted by molar-refractivity contribution is -0.121. The summed E-state index contributed by atoms with van der Waals surface area (Å²) < 4.78 is 5.36. The average molecular weight is 502 g/mol. The van der Waals surface area contributed by atoms with Gasteiger partial charge in [0, 0.05) is 45.6 Å². The van der Waals surface area contributed by atoms with Crippen LogP contribution in [0.4, 0.5) is 0 Å². The molecule has 1 heterocycles. The van der Waals surface area contributed by atoms with Crippen molar-refractivity contribution in [3.8, 4) is 5.75 Å². The number of benzene rings is 1. The van der Waals surface area contributed by atoms with Crippen LogP contribution in [0.3, 0.4) is 0 Å². The third-order valence-electron chi connectivity index (χ3n) is 5.42. The van der Waals surface area contributed by atoms with Crippen molar-refractivity contribution in [3.05, 3.63) is 29.8 Å². The summed E-state index contributed by atoms with van der Waals surface area (Å²) in [6, 6.07) is 8.22. The Labute approximate surface area is 186 Å². The Kier molecular flexibility index (Phi) is 10.1. The summed E-state index contributed by atoms with van der Waals surface area (Å²) in [5.41, 5.74) is 1.18. The van der Waals surface area contributed by atoms with Gasteiger partial charge in [0.1, 0.15) is 5.75 Å². The topological polar surface area (TPSA) is 66.0 Å². The average Bonchev–Trinajstić information content (AvgIpc) is 2.69. The molecule has 6 nitrogen and oxygen atoms in total. The Balaban J connectivity index is 0.00000392. The Morgan fingerprint density at radius 2 is 2.00 bits per heavy atom. The molecule has 2 N–H and O–H groups in total. The van der Waals surface area contributed by atoms with Crippen molar-refractivity contribution in [1.82, 2.24) is 15.5 Å². The first kappa shape index (κ1) is 24.5. The first-order valence-corrected chi connectivity index (χ1v) is 9.70. The molecule has 1 aliphatic rings. The molecule has 0 unspecified atom stereocenters. The van der Waals surface area contributed by atoms with Gasteiger partial charge in [-0.05, 0) is 36.5 Å². The molecule has 1 amide bonds. The van der Waals surface area contributed by atoms with E-state index in [4.69, 9.17) is 4.74 Å². The Hall–Kier alpha value is -1.51. The largest absolute Gasteiger partial charge is 0.497 e. The van der Waals surface area contributed by atoms with Gasteiger partial charge in [0.15, 0.2) is 5.96 Å². The number of halogens is 1. The second-order valence-electron chi connectivity index (χ2n) is 7.82. The van der Waals surface area contributed by atoms with E-state index in [2.05, 4.69) is 46.5 Å². The van der Waals surface area contributed by atoms with E-state index in [9.17, 15) is 4.79 Å². The minimum Gasteiger partial charge on any atom is -0.497 e. The molecule has 158 valence electrons. The Bertz CT molecular complexity index is 656. The Morgan fingerprint density at radius 1 is 1.32 bits per heavy atom. The van der Waals surface area contributed by atoms with E-state index in [0.717, 1.165) is 44.2 Å². The fourth-order valence-corrected chi connectivity index (χ4v) is 3.49. The van der Waals surface area contributed by atoms with Crippen LogP contribution in [0.2, 0.25) is 0 Å². The molecule has 0 atom stereocenters. The fourth-order valence-electron chi connectivity index (χ4n) is 3.49. The maximum atomic E-state index is 11.6. The molecule has 0 spiro atoms. The van der Waals surface area contributed by atoms with E-state index < -0.39 is 0 Å². The van der Waals surface area contributed by atoms with Crippen LogP contribution in [0.25, 0.3) is 0 Å². The maximum Gasteiger partial charge on any atom is 0.220 e. The molecule has 28 heavy (non-hydrogen) atoms. The zero-order chi connectivity index (χ0) is 19.9. The molecule has 1 saturated heterocycles. The van der Waals surface area contributed by atoms with Gasteiger partial charge in [-0.2, -0.15) is 0 Å². The molecule has 0 saturated carbocycles. The van der Waals surface area contributed by atoms with E-state index in [0.29, 0.717) is 12.3 Å². The number of guanidine groups is 1. The summed E-state index contributed by atoms with van der Waals surface area (Å²) >= 11 is 0. The number of hydrogen-bond donors (Lipinski definition) is 2. The summed E-state index contributed by atoms with van der Waals surface area (Å²) in [7, 11) is 5.23. The summed E-state index contributed by atoms with van der Waals surface area (Å²) in [6.07, 6.45) is 2.67. The monoisotopic (exact) mass is 502 g/mol. The number of ether oxygens (including phenoxy) is 1. The lowest BCUT2D eigenvalue weighted by Gasteiger charge is -2.35. The van der Waals surface area contributed by atoms with Crippen LogP contribution >= 0.6 is 24.0 Å². The van der Waals surface area contributed by atoms with E-state index >= 15 is 0 Å². The standard InChI is InChI=1S/C21H34N4O2.HI/c1-21(2,17-7-6-8-18(14-17)27-5)15-24-20(23-4)25-11-9-16(10-12-25)13-19(26)22-3;/h6-8,14,16H,9-13,15H2,1-5H3,(H,22,26)(H,23,24);1H. The number of likely N-dealkylation sites (tertiary alicyclic amines) is 1. The molecule has 7 heteroatoms. The third kappa shape index (κ3) is 6.83. The summed E-state index contributed by atoms with van der Waals surface area (Å²) in [5.74, 6) is 2.41. The second kappa shape index (κ2) is 11.5. The van der Waals surface area contributed by atoms with E-state index in [1.165, 1.54) is 5.56 Å². The number of aliphatic imine (C=N–C) groups is 1. The van der Waals surface area contributed by atoms with Gasteiger partial charge in [-0.25, -0.2) is 0 Å². The first-order chi connectivity index (χ1) is 12.9. The molecule has 1 aromatic rings. The third-order valence-corrected chi connectivity index (χ3v) is 5.42. The van der Waals surface area contributed by atoms with Crippen LogP contribution < -0.4 is 15.4 Å². The number of piperidine rings is 1. The Morgan fingerprint density at radius 3 is 2.57 bits per heavy atom. The van der Waals surface area contributed by atoms with Crippen LogP contribution in [-0.4, -0.2) is 57.6 Å². The van der Waals surface area contributed by atoms with Gasteiger partial charge >= 0.3 is 0 Å². The number of nitrogens with zero attached hydrogens (tertiary/aromatic N) is 2. The van der Waals surface area contributed by atoms with Gasteiger partial charge in [-0.15, -0.1) is 24.0 Å². The minimum atomic E-state index is -0.0536. The number of carbonyl (C=O) groups excluding carboxylic acids is 1. The molecule has 0 bridgehead atoms. The predicted octanol–water partition coefficient (Wildman–Crippen LogP) is 3.01. The summed E-state index contributed by atoms with van der Waals surface area (Å²) in [6.45, 7) is 7.09. The molecule has 2 rings (SSSR count). The highest BCUT2D eigenvalue weighted by molar-refractivity contribution is 14.0. The zero-order valence-corrected chi connectivity index (χ0v) is 20.1. The van der Waals surface area contributed by atoms with Crippen molar-refractivity contribution >= 4 is 35.8 Å². The van der Waals surface area contributed by atoms with Gasteiger partial charge in [-0.1, -0.05) is 26.0 Å². The molecular weight excluding hydrogens is 467 g/mol. The molecule has 0 aromatic heterocycles. The van der Waals surface area contributed by atoms with Crippen molar-refractivity contribution in [1.29, 1.82) is 0 Å². The highest BCUT2D eigenvalue weighted by atomic mass is 127. The molecular formula is C21H35IN4O2. The number of hydrogen-bond acceptors (Lipinski definition) is 3. The molecule has 0 aliphatic carbocycles. The van der Waals surface area contributed by atoms with Gasteiger partial charge in [0.05, 0.1) is 7.11 Å². The fraction of sp³-hybridized carbons (Fsp3) is 0.619. The van der Waals surface area contributed by atoms with Crippen molar-refractivity contribution in [3.63, 3.8) is 0 Å². The lowest BCUT2D eigenvalue weighted by atomic mass is 9.84. The maximum absolute atomic E-state index is 11.6. The normalized spacial score (nSPS) is 15.6. The van der Waals surface area contributed by atoms with Crippen LogP contribution in [0.15, 0.2) is 29.3 Å².